The minimum Gasteiger partial charge on any atom is -0.302 e. The van der Waals surface area contributed by atoms with Crippen LogP contribution in [0.15, 0.2) is 78.2 Å². The van der Waals surface area contributed by atoms with Crippen molar-refractivity contribution in [1.29, 1.82) is 0 Å². The Morgan fingerprint density at radius 1 is 1.00 bits per heavy atom. The van der Waals surface area contributed by atoms with E-state index in [1.54, 1.807) is 0 Å². The molecule has 0 bridgehead atoms. The molecule has 0 saturated heterocycles. The Balaban J connectivity index is 1.45. The molecule has 0 spiro atoms. The number of aromatic nitrogens is 1. The summed E-state index contributed by atoms with van der Waals surface area (Å²) in [5, 5.41) is 7.96. The van der Waals surface area contributed by atoms with Crippen LogP contribution in [0.3, 0.4) is 0 Å². The number of nitrogens with one attached hydrogen (secondary N) is 1. The number of nitrogens with zero attached hydrogens (tertiary/aromatic N) is 1. The number of fused-ring (bicyclic) bond motifs is 1. The van der Waals surface area contributed by atoms with Crippen molar-refractivity contribution in [1.82, 2.24) is 4.98 Å². The first-order valence-corrected chi connectivity index (χ1v) is 9.86. The Hall–Kier alpha value is -2.98. The highest BCUT2D eigenvalue weighted by atomic mass is 32.1. The van der Waals surface area contributed by atoms with Crippen LogP contribution in [0.25, 0.3) is 22.0 Å². The predicted octanol–water partition coefficient (Wildman–Crippen LogP) is 6.10. The fraction of sp³-hybridized carbons (Fsp3) is 0.130. The second kappa shape index (κ2) is 7.72. The first-order valence-electron chi connectivity index (χ1n) is 8.98. The van der Waals surface area contributed by atoms with Crippen molar-refractivity contribution in [3.05, 3.63) is 83.7 Å². The highest BCUT2D eigenvalue weighted by molar-refractivity contribution is 7.14. The molecule has 3 nitrogen and oxygen atoms in total. The molecule has 1 N–H and O–H groups in total. The molecule has 27 heavy (non-hydrogen) atoms. The summed E-state index contributed by atoms with van der Waals surface area (Å²) in [7, 11) is 0. The van der Waals surface area contributed by atoms with Crippen LogP contribution in [0.4, 0.5) is 5.13 Å². The van der Waals surface area contributed by atoms with Crippen molar-refractivity contribution in [2.75, 3.05) is 5.32 Å². The third-order valence-electron chi connectivity index (χ3n) is 4.66. The smallest absolute Gasteiger partial charge is 0.226 e. The summed E-state index contributed by atoms with van der Waals surface area (Å²) in [5.41, 5.74) is 3.11. The van der Waals surface area contributed by atoms with Gasteiger partial charge in [-0.15, -0.1) is 11.3 Å². The van der Waals surface area contributed by atoms with E-state index < -0.39 is 0 Å². The lowest BCUT2D eigenvalue weighted by Gasteiger charge is -2.10. The summed E-state index contributed by atoms with van der Waals surface area (Å²) in [6.45, 7) is 2.07. The Bertz CT molecular complexity index is 1070. The van der Waals surface area contributed by atoms with Crippen LogP contribution in [0, 0.1) is 0 Å². The molecule has 4 rings (SSSR count). The highest BCUT2D eigenvalue weighted by Gasteiger charge is 2.13. The Morgan fingerprint density at radius 2 is 1.74 bits per heavy atom. The van der Waals surface area contributed by atoms with Gasteiger partial charge in [-0.1, -0.05) is 73.7 Å². The Morgan fingerprint density at radius 3 is 2.56 bits per heavy atom. The molecule has 4 heteroatoms. The van der Waals surface area contributed by atoms with E-state index in [1.807, 2.05) is 35.7 Å². The van der Waals surface area contributed by atoms with Crippen LogP contribution in [-0.4, -0.2) is 10.9 Å². The van der Waals surface area contributed by atoms with Crippen LogP contribution in [0.2, 0.25) is 0 Å². The number of carbonyl (C=O) groups is 1. The number of carbonyl (C=O) groups excluding carboxylic acids is 1. The lowest BCUT2D eigenvalue weighted by molar-refractivity contribution is -0.116. The maximum atomic E-state index is 12.4. The van der Waals surface area contributed by atoms with Crippen LogP contribution >= 0.6 is 11.3 Å². The van der Waals surface area contributed by atoms with E-state index in [2.05, 4.69) is 59.7 Å². The van der Waals surface area contributed by atoms with Gasteiger partial charge in [0.15, 0.2) is 5.13 Å². The molecule has 0 unspecified atom stereocenters. The van der Waals surface area contributed by atoms with E-state index in [1.165, 1.54) is 27.7 Å². The molecular formula is C23H20N2OS. The molecular weight excluding hydrogens is 352 g/mol. The second-order valence-electron chi connectivity index (χ2n) is 6.66. The number of amides is 1. The van der Waals surface area contributed by atoms with E-state index in [0.717, 1.165) is 11.3 Å². The van der Waals surface area contributed by atoms with E-state index in [9.17, 15) is 4.79 Å². The van der Waals surface area contributed by atoms with Crippen molar-refractivity contribution in [3.8, 4) is 11.3 Å². The minimum atomic E-state index is -0.00855. The molecule has 0 fully saturated rings. The largest absolute Gasteiger partial charge is 0.302 e. The van der Waals surface area contributed by atoms with E-state index >= 15 is 0 Å². The number of thiazole rings is 1. The molecule has 1 aromatic heterocycles. The molecule has 0 radical (unpaired) electrons. The Labute approximate surface area is 162 Å². The van der Waals surface area contributed by atoms with Gasteiger partial charge in [-0.3, -0.25) is 4.79 Å². The minimum absolute atomic E-state index is 0.00855. The molecule has 1 atom stereocenters. The van der Waals surface area contributed by atoms with Gasteiger partial charge in [0.05, 0.1) is 5.69 Å². The zero-order chi connectivity index (χ0) is 18.6. The topological polar surface area (TPSA) is 42.0 Å². The predicted molar refractivity (Wildman–Crippen MR) is 113 cm³/mol. The van der Waals surface area contributed by atoms with Gasteiger partial charge in [-0.25, -0.2) is 4.98 Å². The zero-order valence-corrected chi connectivity index (χ0v) is 15.9. The molecule has 0 saturated carbocycles. The third kappa shape index (κ3) is 4.07. The lowest BCUT2D eigenvalue weighted by atomic mass is 9.98. The quantitative estimate of drug-likeness (QED) is 0.460. The van der Waals surface area contributed by atoms with Crippen LogP contribution < -0.4 is 5.32 Å². The summed E-state index contributed by atoms with van der Waals surface area (Å²) in [5.74, 6) is 0.164. The number of benzene rings is 3. The third-order valence-corrected chi connectivity index (χ3v) is 5.41. The summed E-state index contributed by atoms with van der Waals surface area (Å²) in [4.78, 5) is 17.0. The molecule has 3 aromatic carbocycles. The van der Waals surface area contributed by atoms with Crippen molar-refractivity contribution >= 4 is 33.1 Å². The fourth-order valence-corrected chi connectivity index (χ4v) is 3.90. The number of hydrogen-bond donors (Lipinski definition) is 1. The SMILES string of the molecule is C[C@H](CC(=O)Nc1nc(-c2ccc3ccccc3c2)cs1)c1ccccc1. The number of rotatable bonds is 5. The van der Waals surface area contributed by atoms with E-state index in [-0.39, 0.29) is 11.8 Å². The molecule has 0 aliphatic rings. The number of hydrogen-bond acceptors (Lipinski definition) is 3. The maximum absolute atomic E-state index is 12.4. The second-order valence-corrected chi connectivity index (χ2v) is 7.52. The summed E-state index contributed by atoms with van der Waals surface area (Å²) in [6.07, 6.45) is 0.439. The van der Waals surface area contributed by atoms with Crippen molar-refractivity contribution in [3.63, 3.8) is 0 Å². The van der Waals surface area contributed by atoms with Crippen molar-refractivity contribution < 1.29 is 4.79 Å². The molecule has 0 aliphatic heterocycles. The van der Waals surface area contributed by atoms with Gasteiger partial charge in [-0.2, -0.15) is 0 Å². The van der Waals surface area contributed by atoms with Gasteiger partial charge in [0.1, 0.15) is 0 Å². The van der Waals surface area contributed by atoms with Gasteiger partial charge in [0, 0.05) is 17.4 Å². The summed E-state index contributed by atoms with van der Waals surface area (Å²) < 4.78 is 0. The maximum Gasteiger partial charge on any atom is 0.226 e. The molecule has 1 amide bonds. The molecule has 4 aromatic rings. The first kappa shape index (κ1) is 17.4. The first-order chi connectivity index (χ1) is 13.2. The Kier molecular flexibility index (Phi) is 4.99. The average molecular weight is 372 g/mol. The van der Waals surface area contributed by atoms with Crippen LogP contribution in [0.1, 0.15) is 24.8 Å². The van der Waals surface area contributed by atoms with Gasteiger partial charge in [0.2, 0.25) is 5.91 Å². The fourth-order valence-electron chi connectivity index (χ4n) is 3.16. The normalized spacial score (nSPS) is 12.0. The molecule has 134 valence electrons. The van der Waals surface area contributed by atoms with E-state index in [0.29, 0.717) is 11.6 Å². The zero-order valence-electron chi connectivity index (χ0n) is 15.1. The van der Waals surface area contributed by atoms with Gasteiger partial charge in [-0.05, 0) is 28.3 Å². The van der Waals surface area contributed by atoms with E-state index in [4.69, 9.17) is 0 Å². The van der Waals surface area contributed by atoms with Crippen molar-refractivity contribution in [2.45, 2.75) is 19.3 Å². The standard InChI is InChI=1S/C23H20N2OS/c1-16(17-7-3-2-4-8-17)13-22(26)25-23-24-21(15-27-23)20-12-11-18-9-5-6-10-19(18)14-20/h2-12,14-16H,13H2,1H3,(H,24,25,26)/t16-/m1/s1. The molecule has 0 aliphatic carbocycles. The summed E-state index contributed by atoms with van der Waals surface area (Å²) in [6, 6.07) is 24.7. The lowest BCUT2D eigenvalue weighted by Crippen LogP contribution is -2.14. The number of anilines is 1. The van der Waals surface area contributed by atoms with Gasteiger partial charge in [0.25, 0.3) is 0 Å². The monoisotopic (exact) mass is 372 g/mol. The van der Waals surface area contributed by atoms with Gasteiger partial charge < -0.3 is 5.32 Å². The molecule has 1 heterocycles. The average Bonchev–Trinajstić information content (AvgIpc) is 3.16. The van der Waals surface area contributed by atoms with Crippen molar-refractivity contribution in [2.24, 2.45) is 0 Å². The van der Waals surface area contributed by atoms with Crippen LogP contribution in [0.5, 0.6) is 0 Å². The highest BCUT2D eigenvalue weighted by Crippen LogP contribution is 2.28. The van der Waals surface area contributed by atoms with Crippen LogP contribution in [-0.2, 0) is 4.79 Å². The summed E-state index contributed by atoms with van der Waals surface area (Å²) >= 11 is 1.46. The van der Waals surface area contributed by atoms with Gasteiger partial charge >= 0.3 is 0 Å².